The van der Waals surface area contributed by atoms with Gasteiger partial charge in [-0.25, -0.2) is 0 Å². The number of carbonyl (C=O) groups excluding carboxylic acids is 2. The number of hydrogen-bond donors (Lipinski definition) is 2. The molecule has 0 fully saturated rings. The van der Waals surface area contributed by atoms with Crippen LogP contribution in [0.25, 0.3) is 0 Å². The van der Waals surface area contributed by atoms with E-state index in [1.807, 2.05) is 0 Å². The SMILES string of the molecule is CCCCCNC(=O)CNC(=O)c1ccc(OC(F)F)c(OC)c1. The lowest BCUT2D eigenvalue weighted by Gasteiger charge is -2.11. The standard InChI is InChI=1S/C16H22F2N2O4/c1-3-4-5-8-19-14(21)10-20-15(22)11-6-7-12(24-16(17)18)13(9-11)23-2/h6-7,9,16H,3-5,8,10H2,1-2H3,(H,19,21)(H,20,22). The summed E-state index contributed by atoms with van der Waals surface area (Å²) in [6.07, 6.45) is 2.97. The molecule has 1 rings (SSSR count). The Balaban J connectivity index is 2.54. The summed E-state index contributed by atoms with van der Waals surface area (Å²) in [7, 11) is 1.28. The number of alkyl halides is 2. The molecule has 6 nitrogen and oxygen atoms in total. The van der Waals surface area contributed by atoms with Gasteiger partial charge in [-0.05, 0) is 24.6 Å². The molecule has 2 N–H and O–H groups in total. The quantitative estimate of drug-likeness (QED) is 0.639. The lowest BCUT2D eigenvalue weighted by atomic mass is 10.2. The Labute approximate surface area is 139 Å². The summed E-state index contributed by atoms with van der Waals surface area (Å²) in [5, 5.41) is 5.15. The highest BCUT2D eigenvalue weighted by molar-refractivity contribution is 5.97. The van der Waals surface area contributed by atoms with Gasteiger partial charge in [0.1, 0.15) is 0 Å². The first-order valence-electron chi connectivity index (χ1n) is 7.65. The molecule has 0 radical (unpaired) electrons. The second kappa shape index (κ2) is 10.4. The minimum Gasteiger partial charge on any atom is -0.493 e. The molecule has 1 aromatic carbocycles. The average Bonchev–Trinajstić information content (AvgIpc) is 2.56. The number of methoxy groups -OCH3 is 1. The molecule has 0 atom stereocenters. The van der Waals surface area contributed by atoms with Crippen LogP contribution in [0.4, 0.5) is 8.78 Å². The average molecular weight is 344 g/mol. The van der Waals surface area contributed by atoms with Gasteiger partial charge in [0, 0.05) is 12.1 Å². The van der Waals surface area contributed by atoms with Crippen molar-refractivity contribution in [2.45, 2.75) is 32.8 Å². The third kappa shape index (κ3) is 6.80. The van der Waals surface area contributed by atoms with E-state index in [9.17, 15) is 18.4 Å². The van der Waals surface area contributed by atoms with Crippen molar-refractivity contribution in [1.29, 1.82) is 0 Å². The Morgan fingerprint density at radius 3 is 2.54 bits per heavy atom. The molecule has 0 spiro atoms. The fraction of sp³-hybridized carbons (Fsp3) is 0.500. The summed E-state index contributed by atoms with van der Waals surface area (Å²) < 4.78 is 33.7. The summed E-state index contributed by atoms with van der Waals surface area (Å²) in [5.41, 5.74) is 0.173. The highest BCUT2D eigenvalue weighted by Gasteiger charge is 2.14. The third-order valence-electron chi connectivity index (χ3n) is 3.15. The molecule has 0 saturated heterocycles. The summed E-state index contributed by atoms with van der Waals surface area (Å²) in [6, 6.07) is 3.80. The van der Waals surface area contributed by atoms with Crippen molar-refractivity contribution in [3.05, 3.63) is 23.8 Å². The minimum atomic E-state index is -2.99. The molecule has 0 heterocycles. The first-order valence-corrected chi connectivity index (χ1v) is 7.65. The number of unbranched alkanes of at least 4 members (excludes halogenated alkanes) is 2. The monoisotopic (exact) mass is 344 g/mol. The van der Waals surface area contributed by atoms with Gasteiger partial charge >= 0.3 is 6.61 Å². The lowest BCUT2D eigenvalue weighted by Crippen LogP contribution is -2.37. The van der Waals surface area contributed by atoms with Gasteiger partial charge in [0.25, 0.3) is 5.91 Å². The number of nitrogens with one attached hydrogen (secondary N) is 2. The summed E-state index contributed by atoms with van der Waals surface area (Å²) in [4.78, 5) is 23.6. The maximum absolute atomic E-state index is 12.3. The van der Waals surface area contributed by atoms with Crippen molar-refractivity contribution >= 4 is 11.8 Å². The molecule has 0 aliphatic heterocycles. The molecule has 0 unspecified atom stereocenters. The zero-order chi connectivity index (χ0) is 17.9. The van der Waals surface area contributed by atoms with Gasteiger partial charge in [-0.3, -0.25) is 9.59 Å². The molecule has 1 aromatic rings. The molecule has 2 amide bonds. The predicted octanol–water partition coefficient (Wildman–Crippen LogP) is 2.33. The molecule has 0 aliphatic rings. The molecule has 0 bridgehead atoms. The molecular formula is C16H22F2N2O4. The highest BCUT2D eigenvalue weighted by atomic mass is 19.3. The Bertz CT molecular complexity index is 553. The van der Waals surface area contributed by atoms with E-state index in [4.69, 9.17) is 4.74 Å². The van der Waals surface area contributed by atoms with Crippen LogP contribution in [-0.2, 0) is 4.79 Å². The van der Waals surface area contributed by atoms with Gasteiger partial charge in [0.2, 0.25) is 5.91 Å². The summed E-state index contributed by atoms with van der Waals surface area (Å²) in [5.74, 6) is -0.964. The zero-order valence-corrected chi connectivity index (χ0v) is 13.7. The van der Waals surface area contributed by atoms with E-state index in [0.717, 1.165) is 19.3 Å². The van der Waals surface area contributed by atoms with Crippen LogP contribution in [0.5, 0.6) is 11.5 Å². The van der Waals surface area contributed by atoms with Crippen LogP contribution in [0.2, 0.25) is 0 Å². The lowest BCUT2D eigenvalue weighted by molar-refractivity contribution is -0.120. The van der Waals surface area contributed by atoms with Crippen molar-refractivity contribution in [2.24, 2.45) is 0 Å². The number of rotatable bonds is 10. The number of halogens is 2. The van der Waals surface area contributed by atoms with Crippen LogP contribution in [0.1, 0.15) is 36.5 Å². The van der Waals surface area contributed by atoms with E-state index in [0.29, 0.717) is 6.54 Å². The van der Waals surface area contributed by atoms with Gasteiger partial charge in [0.05, 0.1) is 13.7 Å². The molecule has 0 aromatic heterocycles. The Hall–Kier alpha value is -2.38. The highest BCUT2D eigenvalue weighted by Crippen LogP contribution is 2.29. The number of amides is 2. The van der Waals surface area contributed by atoms with E-state index in [2.05, 4.69) is 22.3 Å². The number of hydrogen-bond acceptors (Lipinski definition) is 4. The second-order valence-electron chi connectivity index (χ2n) is 4.98. The second-order valence-corrected chi connectivity index (χ2v) is 4.98. The Kier molecular flexibility index (Phi) is 8.53. The van der Waals surface area contributed by atoms with Crippen molar-refractivity contribution in [3.8, 4) is 11.5 Å². The first-order chi connectivity index (χ1) is 11.5. The van der Waals surface area contributed by atoms with Gasteiger partial charge in [-0.1, -0.05) is 19.8 Å². The van der Waals surface area contributed by atoms with Gasteiger partial charge in [-0.2, -0.15) is 8.78 Å². The Morgan fingerprint density at radius 2 is 1.92 bits per heavy atom. The van der Waals surface area contributed by atoms with Gasteiger partial charge in [-0.15, -0.1) is 0 Å². The summed E-state index contributed by atoms with van der Waals surface area (Å²) >= 11 is 0. The van der Waals surface area contributed by atoms with Gasteiger partial charge in [0.15, 0.2) is 11.5 Å². The van der Waals surface area contributed by atoms with Crippen molar-refractivity contribution in [2.75, 3.05) is 20.2 Å². The zero-order valence-electron chi connectivity index (χ0n) is 13.7. The number of ether oxygens (including phenoxy) is 2. The molecule has 134 valence electrons. The van der Waals surface area contributed by atoms with Crippen LogP contribution in [0.15, 0.2) is 18.2 Å². The van der Waals surface area contributed by atoms with Crippen molar-refractivity contribution in [1.82, 2.24) is 10.6 Å². The van der Waals surface area contributed by atoms with Crippen molar-refractivity contribution < 1.29 is 27.8 Å². The van der Waals surface area contributed by atoms with Crippen LogP contribution >= 0.6 is 0 Å². The molecule has 0 saturated carbocycles. The minimum absolute atomic E-state index is 0.00645. The number of carbonyl (C=O) groups is 2. The Morgan fingerprint density at radius 1 is 1.17 bits per heavy atom. The molecular weight excluding hydrogens is 322 g/mol. The van der Waals surface area contributed by atoms with Crippen LogP contribution in [-0.4, -0.2) is 38.6 Å². The normalized spacial score (nSPS) is 10.4. The van der Waals surface area contributed by atoms with E-state index < -0.39 is 12.5 Å². The topological polar surface area (TPSA) is 76.7 Å². The smallest absolute Gasteiger partial charge is 0.387 e. The maximum atomic E-state index is 12.3. The fourth-order valence-corrected chi connectivity index (χ4v) is 1.93. The third-order valence-corrected chi connectivity index (χ3v) is 3.15. The van der Waals surface area contributed by atoms with Crippen molar-refractivity contribution in [3.63, 3.8) is 0 Å². The predicted molar refractivity (Wildman–Crippen MR) is 84.5 cm³/mol. The van der Waals surface area contributed by atoms with E-state index >= 15 is 0 Å². The van der Waals surface area contributed by atoms with Crippen LogP contribution in [0.3, 0.4) is 0 Å². The summed E-state index contributed by atoms with van der Waals surface area (Å²) in [6.45, 7) is -0.526. The van der Waals surface area contributed by atoms with E-state index in [-0.39, 0.29) is 29.5 Å². The van der Waals surface area contributed by atoms with Crippen LogP contribution < -0.4 is 20.1 Å². The fourth-order valence-electron chi connectivity index (χ4n) is 1.93. The van der Waals surface area contributed by atoms with Gasteiger partial charge < -0.3 is 20.1 Å². The maximum Gasteiger partial charge on any atom is 0.387 e. The largest absolute Gasteiger partial charge is 0.493 e. The molecule has 24 heavy (non-hydrogen) atoms. The number of benzene rings is 1. The molecule has 8 heteroatoms. The molecule has 0 aliphatic carbocycles. The van der Waals surface area contributed by atoms with E-state index in [1.54, 1.807) is 0 Å². The van der Waals surface area contributed by atoms with E-state index in [1.165, 1.54) is 25.3 Å². The van der Waals surface area contributed by atoms with Crippen LogP contribution in [0, 0.1) is 0 Å². The first kappa shape index (κ1) is 19.7.